The third-order valence-corrected chi connectivity index (χ3v) is 8.70. The van der Waals surface area contributed by atoms with Crippen LogP contribution in [0.3, 0.4) is 0 Å². The fraction of sp³-hybridized carbons (Fsp3) is 0.647. The van der Waals surface area contributed by atoms with Gasteiger partial charge < -0.3 is 4.57 Å². The molecule has 0 aliphatic heterocycles. The quantitative estimate of drug-likeness (QED) is 0.531. The Kier molecular flexibility index (Phi) is 6.42. The Morgan fingerprint density at radius 1 is 1.42 bits per heavy atom. The van der Waals surface area contributed by atoms with Crippen LogP contribution in [-0.2, 0) is 29.9 Å². The van der Waals surface area contributed by atoms with E-state index in [9.17, 15) is 8.42 Å². The third kappa shape index (κ3) is 4.49. The molecule has 2 aromatic rings. The summed E-state index contributed by atoms with van der Waals surface area (Å²) in [6, 6.07) is 2.29. The van der Waals surface area contributed by atoms with E-state index in [0.29, 0.717) is 12.2 Å². The van der Waals surface area contributed by atoms with Crippen molar-refractivity contribution in [1.82, 2.24) is 19.5 Å². The van der Waals surface area contributed by atoms with Crippen LogP contribution in [0.25, 0.3) is 10.7 Å². The number of nitrogens with one attached hydrogen (secondary N) is 1. The number of fused-ring (bicyclic) bond motifs is 1. The number of thioether (sulfide) groups is 1. The van der Waals surface area contributed by atoms with Gasteiger partial charge in [0.25, 0.3) is 0 Å². The van der Waals surface area contributed by atoms with E-state index in [2.05, 4.69) is 27.9 Å². The number of rotatable bonds is 8. The largest absolute Gasteiger partial charge is 0.305 e. The van der Waals surface area contributed by atoms with Gasteiger partial charge >= 0.3 is 0 Å². The zero-order valence-electron chi connectivity index (χ0n) is 15.5. The van der Waals surface area contributed by atoms with Crippen molar-refractivity contribution in [3.8, 4) is 10.7 Å². The summed E-state index contributed by atoms with van der Waals surface area (Å²) in [5.41, 5.74) is 1.48. The van der Waals surface area contributed by atoms with Crippen molar-refractivity contribution in [3.05, 3.63) is 16.5 Å². The third-order valence-electron chi connectivity index (χ3n) is 4.92. The van der Waals surface area contributed by atoms with Crippen LogP contribution in [0.4, 0.5) is 0 Å². The lowest BCUT2D eigenvalue weighted by atomic mass is 9.87. The molecule has 2 aromatic heterocycles. The minimum atomic E-state index is -3.14. The van der Waals surface area contributed by atoms with Gasteiger partial charge in [0.05, 0.1) is 10.6 Å². The molecular weight excluding hydrogens is 388 g/mol. The van der Waals surface area contributed by atoms with Crippen LogP contribution < -0.4 is 4.72 Å². The fourth-order valence-electron chi connectivity index (χ4n) is 3.23. The first-order valence-corrected chi connectivity index (χ1v) is 12.4. The molecule has 1 aliphatic carbocycles. The normalized spacial score (nSPS) is 17.4. The van der Waals surface area contributed by atoms with Crippen LogP contribution in [0.5, 0.6) is 0 Å². The second kappa shape index (κ2) is 8.41. The molecule has 0 bridgehead atoms. The zero-order valence-corrected chi connectivity index (χ0v) is 17.9. The summed E-state index contributed by atoms with van der Waals surface area (Å²) >= 11 is 3.40. The Morgan fingerprint density at radius 2 is 2.23 bits per heavy atom. The zero-order chi connectivity index (χ0) is 18.7. The Balaban J connectivity index is 1.65. The smallest absolute Gasteiger partial charge is 0.211 e. The first-order valence-electron chi connectivity index (χ1n) is 8.99. The summed E-state index contributed by atoms with van der Waals surface area (Å²) in [7, 11) is 0.292. The van der Waals surface area contributed by atoms with Crippen molar-refractivity contribution in [3.63, 3.8) is 0 Å². The maximum atomic E-state index is 11.5. The van der Waals surface area contributed by atoms with E-state index in [4.69, 9.17) is 0 Å². The van der Waals surface area contributed by atoms with Crippen LogP contribution in [0, 0.1) is 5.92 Å². The number of sulfonamides is 1. The van der Waals surface area contributed by atoms with Gasteiger partial charge in [-0.15, -0.1) is 21.5 Å². The van der Waals surface area contributed by atoms with Gasteiger partial charge in [0, 0.05) is 17.7 Å². The maximum absolute atomic E-state index is 11.5. The summed E-state index contributed by atoms with van der Waals surface area (Å²) in [6.45, 7) is 2.27. The minimum absolute atomic E-state index is 0.136. The van der Waals surface area contributed by atoms with E-state index in [1.807, 2.05) is 23.0 Å². The Morgan fingerprint density at radius 3 is 2.96 bits per heavy atom. The molecule has 0 amide bonds. The van der Waals surface area contributed by atoms with Gasteiger partial charge in [-0.3, -0.25) is 0 Å². The summed E-state index contributed by atoms with van der Waals surface area (Å²) < 4.78 is 27.3. The first kappa shape index (κ1) is 19.9. The molecule has 0 radical (unpaired) electrons. The summed E-state index contributed by atoms with van der Waals surface area (Å²) in [4.78, 5) is 2.69. The van der Waals surface area contributed by atoms with Crippen molar-refractivity contribution in [1.29, 1.82) is 0 Å². The van der Waals surface area contributed by atoms with E-state index in [1.165, 1.54) is 48.0 Å². The number of nitrogens with zero attached hydrogens (tertiary/aromatic N) is 3. The molecule has 144 valence electrons. The monoisotopic (exact) mass is 414 g/mol. The van der Waals surface area contributed by atoms with Crippen LogP contribution >= 0.6 is 23.1 Å². The molecular formula is C17H26N4O2S3. The predicted octanol–water partition coefficient (Wildman–Crippen LogP) is 3.09. The predicted molar refractivity (Wildman–Crippen MR) is 108 cm³/mol. The highest BCUT2D eigenvalue weighted by Crippen LogP contribution is 2.38. The van der Waals surface area contributed by atoms with Crippen LogP contribution in [-0.4, -0.2) is 41.7 Å². The molecule has 9 heteroatoms. The molecule has 3 rings (SSSR count). The molecule has 2 heterocycles. The highest BCUT2D eigenvalue weighted by Gasteiger charge is 2.22. The first-order chi connectivity index (χ1) is 12.4. The number of hydrogen-bond acceptors (Lipinski definition) is 6. The molecule has 1 aliphatic rings. The van der Waals surface area contributed by atoms with Gasteiger partial charge in [-0.25, -0.2) is 13.1 Å². The summed E-state index contributed by atoms with van der Waals surface area (Å²) in [6.07, 6.45) is 5.49. The van der Waals surface area contributed by atoms with E-state index in [1.54, 1.807) is 11.8 Å². The van der Waals surface area contributed by atoms with Gasteiger partial charge in [-0.1, -0.05) is 25.1 Å². The van der Waals surface area contributed by atoms with E-state index >= 15 is 0 Å². The number of hydrogen-bond donors (Lipinski definition) is 1. The lowest BCUT2D eigenvalue weighted by molar-refractivity contribution is 0.449. The lowest BCUT2D eigenvalue weighted by Crippen LogP contribution is -2.22. The molecule has 0 fully saturated rings. The van der Waals surface area contributed by atoms with Gasteiger partial charge in [0.2, 0.25) is 10.0 Å². The Hall–Kier alpha value is -0.900. The summed E-state index contributed by atoms with van der Waals surface area (Å²) in [5.74, 6) is 2.55. The molecule has 0 aromatic carbocycles. The van der Waals surface area contributed by atoms with E-state index in [0.717, 1.165) is 16.9 Å². The molecule has 6 nitrogen and oxygen atoms in total. The fourth-order valence-corrected chi connectivity index (χ4v) is 6.22. The van der Waals surface area contributed by atoms with Crippen LogP contribution in [0.15, 0.2) is 11.2 Å². The second-order valence-corrected chi connectivity index (χ2v) is 10.9. The highest BCUT2D eigenvalue weighted by molar-refractivity contribution is 7.99. The average molecular weight is 415 g/mol. The van der Waals surface area contributed by atoms with Crippen molar-refractivity contribution in [2.75, 3.05) is 18.6 Å². The molecule has 1 unspecified atom stereocenters. The summed E-state index contributed by atoms with van der Waals surface area (Å²) in [5, 5.41) is 9.52. The van der Waals surface area contributed by atoms with Gasteiger partial charge in [0.15, 0.2) is 11.0 Å². The molecule has 1 atom stereocenters. The average Bonchev–Trinajstić information content (AvgIpc) is 3.21. The van der Waals surface area contributed by atoms with E-state index in [-0.39, 0.29) is 5.75 Å². The molecule has 1 N–H and O–H groups in total. The molecule has 26 heavy (non-hydrogen) atoms. The Labute approximate surface area is 163 Å². The van der Waals surface area contributed by atoms with Crippen molar-refractivity contribution in [2.45, 2.75) is 44.2 Å². The van der Waals surface area contributed by atoms with Crippen LogP contribution in [0.1, 0.15) is 36.6 Å². The standard InChI is InChI=1S/C17H26N4O2S3/c1-4-12-6-7-14-13(10-12)11-15(25-14)16-19-20-17(21(16)3)24-8-5-9-26(22,23)18-2/h11-12,18H,4-10H2,1-3H3. The SMILES string of the molecule is CCC1CCc2sc(-c3nnc(SCCCS(=O)(=O)NC)n3C)cc2C1. The van der Waals surface area contributed by atoms with Gasteiger partial charge in [-0.2, -0.15) is 0 Å². The second-order valence-electron chi connectivity index (χ2n) is 6.67. The number of aromatic nitrogens is 3. The Bertz CT molecular complexity index is 857. The van der Waals surface area contributed by atoms with Crippen LogP contribution in [0.2, 0.25) is 0 Å². The molecule has 0 saturated carbocycles. The topological polar surface area (TPSA) is 76.9 Å². The van der Waals surface area contributed by atoms with E-state index < -0.39 is 10.0 Å². The lowest BCUT2D eigenvalue weighted by Gasteiger charge is -2.19. The number of thiophene rings is 1. The van der Waals surface area contributed by atoms with Crippen molar-refractivity contribution >= 4 is 33.1 Å². The maximum Gasteiger partial charge on any atom is 0.211 e. The van der Waals surface area contributed by atoms with Crippen molar-refractivity contribution in [2.24, 2.45) is 13.0 Å². The van der Waals surface area contributed by atoms with Gasteiger partial charge in [0.1, 0.15) is 0 Å². The molecule has 0 saturated heterocycles. The highest BCUT2D eigenvalue weighted by atomic mass is 32.2. The molecule has 0 spiro atoms. The number of aryl methyl sites for hydroxylation is 1. The van der Waals surface area contributed by atoms with Crippen molar-refractivity contribution < 1.29 is 8.42 Å². The minimum Gasteiger partial charge on any atom is -0.305 e. The van der Waals surface area contributed by atoms with Gasteiger partial charge in [-0.05, 0) is 50.3 Å².